The number of rotatable bonds is 5. The third kappa shape index (κ3) is 4.51. The Morgan fingerprint density at radius 3 is 2.74 bits per heavy atom. The summed E-state index contributed by atoms with van der Waals surface area (Å²) >= 11 is 1.90. The second-order valence-corrected chi connectivity index (χ2v) is 5.94. The maximum Gasteiger partial charge on any atom is 0.238 e. The van der Waals surface area contributed by atoms with Crippen molar-refractivity contribution in [3.8, 4) is 0 Å². The zero-order valence-corrected chi connectivity index (χ0v) is 11.8. The predicted octanol–water partition coefficient (Wildman–Crippen LogP) is 2.64. The first-order valence-corrected chi connectivity index (χ1v) is 7.78. The summed E-state index contributed by atoms with van der Waals surface area (Å²) in [5.41, 5.74) is 0.626. The van der Waals surface area contributed by atoms with E-state index in [1.807, 2.05) is 11.8 Å². The van der Waals surface area contributed by atoms with Gasteiger partial charge in [-0.15, -0.1) is 0 Å². The van der Waals surface area contributed by atoms with E-state index in [1.165, 1.54) is 18.6 Å². The molecule has 5 heteroatoms. The number of amides is 1. The van der Waals surface area contributed by atoms with Crippen molar-refractivity contribution in [2.24, 2.45) is 0 Å². The maximum absolute atomic E-state index is 12.7. The molecule has 1 aliphatic carbocycles. The Labute approximate surface area is 117 Å². The van der Waals surface area contributed by atoms with Gasteiger partial charge in [-0.05, 0) is 49.8 Å². The number of nitrogens with one attached hydrogen (secondary N) is 2. The predicted molar refractivity (Wildman–Crippen MR) is 78.0 cm³/mol. The van der Waals surface area contributed by atoms with Gasteiger partial charge in [0.2, 0.25) is 5.91 Å². The van der Waals surface area contributed by atoms with E-state index in [1.54, 1.807) is 12.1 Å². The Hall–Kier alpha value is -1.07. The summed E-state index contributed by atoms with van der Waals surface area (Å²) in [6, 6.07) is 6.24. The minimum atomic E-state index is -0.301. The largest absolute Gasteiger partial charge is 0.325 e. The number of benzene rings is 1. The van der Waals surface area contributed by atoms with E-state index in [4.69, 9.17) is 0 Å². The fourth-order valence-electron chi connectivity index (χ4n) is 2.32. The molecule has 0 aromatic heterocycles. The second kappa shape index (κ2) is 6.91. The first-order chi connectivity index (χ1) is 9.17. The Kier molecular flexibility index (Phi) is 5.22. The Morgan fingerprint density at radius 2 is 2.11 bits per heavy atom. The van der Waals surface area contributed by atoms with E-state index in [9.17, 15) is 9.18 Å². The second-order valence-electron chi connectivity index (χ2n) is 4.80. The van der Waals surface area contributed by atoms with Gasteiger partial charge < -0.3 is 10.6 Å². The van der Waals surface area contributed by atoms with Crippen LogP contribution in [-0.4, -0.2) is 30.0 Å². The molecule has 0 bridgehead atoms. The van der Waals surface area contributed by atoms with Gasteiger partial charge in [0.1, 0.15) is 5.82 Å². The smallest absolute Gasteiger partial charge is 0.238 e. The number of hydrogen-bond acceptors (Lipinski definition) is 3. The van der Waals surface area contributed by atoms with E-state index in [-0.39, 0.29) is 11.7 Å². The van der Waals surface area contributed by atoms with Crippen molar-refractivity contribution in [3.63, 3.8) is 0 Å². The van der Waals surface area contributed by atoms with E-state index < -0.39 is 0 Å². The standard InChI is InChI=1S/C14H19FN2OS/c1-19-13-7-6-12(8-13)16-9-14(18)17-11-4-2-10(15)3-5-11/h2-5,12-13,16H,6-9H2,1H3,(H,17,18). The van der Waals surface area contributed by atoms with Gasteiger partial charge in [0.25, 0.3) is 0 Å². The normalized spacial score (nSPS) is 22.4. The molecule has 1 amide bonds. The summed E-state index contributed by atoms with van der Waals surface area (Å²) in [6.45, 7) is 0.309. The van der Waals surface area contributed by atoms with Gasteiger partial charge in [0.15, 0.2) is 0 Å². The Balaban J connectivity index is 1.71. The van der Waals surface area contributed by atoms with Gasteiger partial charge in [-0.3, -0.25) is 4.79 Å². The number of carbonyl (C=O) groups is 1. The molecule has 0 aliphatic heterocycles. The zero-order chi connectivity index (χ0) is 13.7. The lowest BCUT2D eigenvalue weighted by Crippen LogP contribution is -2.34. The van der Waals surface area contributed by atoms with Gasteiger partial charge in [-0.1, -0.05) is 0 Å². The summed E-state index contributed by atoms with van der Waals surface area (Å²) in [7, 11) is 0. The first kappa shape index (κ1) is 14.3. The van der Waals surface area contributed by atoms with Crippen LogP contribution in [0.1, 0.15) is 19.3 Å². The number of halogens is 1. The van der Waals surface area contributed by atoms with Crippen LogP contribution < -0.4 is 10.6 Å². The number of carbonyl (C=O) groups excluding carboxylic acids is 1. The molecular weight excluding hydrogens is 263 g/mol. The number of thioether (sulfide) groups is 1. The van der Waals surface area contributed by atoms with E-state index in [0.717, 1.165) is 18.1 Å². The van der Waals surface area contributed by atoms with Crippen LogP contribution in [0.3, 0.4) is 0 Å². The summed E-state index contributed by atoms with van der Waals surface area (Å²) in [6.07, 6.45) is 5.62. The highest BCUT2D eigenvalue weighted by Crippen LogP contribution is 2.27. The van der Waals surface area contributed by atoms with Gasteiger partial charge in [0, 0.05) is 17.0 Å². The van der Waals surface area contributed by atoms with Crippen molar-refractivity contribution in [3.05, 3.63) is 30.1 Å². The molecule has 1 fully saturated rings. The highest BCUT2D eigenvalue weighted by atomic mass is 32.2. The highest BCUT2D eigenvalue weighted by Gasteiger charge is 2.23. The lowest BCUT2D eigenvalue weighted by atomic mass is 10.2. The van der Waals surface area contributed by atoms with Crippen LogP contribution in [0.4, 0.5) is 10.1 Å². The van der Waals surface area contributed by atoms with Crippen molar-refractivity contribution in [2.45, 2.75) is 30.6 Å². The molecule has 1 saturated carbocycles. The molecule has 1 aliphatic rings. The maximum atomic E-state index is 12.7. The van der Waals surface area contributed by atoms with Crippen LogP contribution in [-0.2, 0) is 4.79 Å². The van der Waals surface area contributed by atoms with Gasteiger partial charge in [0.05, 0.1) is 6.54 Å². The molecule has 104 valence electrons. The molecule has 0 spiro atoms. The van der Waals surface area contributed by atoms with Crippen LogP contribution in [0.25, 0.3) is 0 Å². The van der Waals surface area contributed by atoms with Gasteiger partial charge >= 0.3 is 0 Å². The molecule has 0 saturated heterocycles. The third-order valence-corrected chi connectivity index (χ3v) is 4.49. The van der Waals surface area contributed by atoms with Crippen molar-refractivity contribution in [1.82, 2.24) is 5.32 Å². The summed E-state index contributed by atoms with van der Waals surface area (Å²) in [4.78, 5) is 11.7. The fourth-order valence-corrected chi connectivity index (χ4v) is 3.11. The lowest BCUT2D eigenvalue weighted by Gasteiger charge is -2.12. The minimum Gasteiger partial charge on any atom is -0.325 e. The van der Waals surface area contributed by atoms with Crippen molar-refractivity contribution < 1.29 is 9.18 Å². The lowest BCUT2D eigenvalue weighted by molar-refractivity contribution is -0.115. The SMILES string of the molecule is CSC1CCC(NCC(=O)Nc2ccc(F)cc2)C1. The fraction of sp³-hybridized carbons (Fsp3) is 0.500. The highest BCUT2D eigenvalue weighted by molar-refractivity contribution is 7.99. The molecule has 1 aromatic rings. The minimum absolute atomic E-state index is 0.0841. The van der Waals surface area contributed by atoms with E-state index in [0.29, 0.717) is 18.3 Å². The van der Waals surface area contributed by atoms with Crippen LogP contribution in [0.2, 0.25) is 0 Å². The molecule has 0 heterocycles. The summed E-state index contributed by atoms with van der Waals surface area (Å²) in [5.74, 6) is -0.385. The van der Waals surface area contributed by atoms with Crippen LogP contribution in [0.5, 0.6) is 0 Å². The average Bonchev–Trinajstić information content (AvgIpc) is 2.87. The zero-order valence-electron chi connectivity index (χ0n) is 11.0. The molecule has 0 radical (unpaired) electrons. The Morgan fingerprint density at radius 1 is 1.37 bits per heavy atom. The molecule has 2 rings (SSSR count). The van der Waals surface area contributed by atoms with E-state index in [2.05, 4.69) is 16.9 Å². The van der Waals surface area contributed by atoms with Crippen LogP contribution in [0.15, 0.2) is 24.3 Å². The number of anilines is 1. The Bertz CT molecular complexity index is 424. The molecule has 2 atom stereocenters. The van der Waals surface area contributed by atoms with Crippen molar-refractivity contribution >= 4 is 23.4 Å². The van der Waals surface area contributed by atoms with Crippen LogP contribution in [0, 0.1) is 5.82 Å². The quantitative estimate of drug-likeness (QED) is 0.872. The summed E-state index contributed by atoms with van der Waals surface area (Å²) in [5, 5.41) is 6.74. The molecule has 3 nitrogen and oxygen atoms in total. The van der Waals surface area contributed by atoms with Crippen LogP contribution >= 0.6 is 11.8 Å². The molecular formula is C14H19FN2OS. The van der Waals surface area contributed by atoms with Gasteiger partial charge in [-0.2, -0.15) is 11.8 Å². The molecule has 19 heavy (non-hydrogen) atoms. The molecule has 2 unspecified atom stereocenters. The average molecular weight is 282 g/mol. The van der Waals surface area contributed by atoms with E-state index >= 15 is 0 Å². The third-order valence-electron chi connectivity index (χ3n) is 3.40. The van der Waals surface area contributed by atoms with Crippen molar-refractivity contribution in [1.29, 1.82) is 0 Å². The molecule has 2 N–H and O–H groups in total. The monoisotopic (exact) mass is 282 g/mol. The molecule has 1 aromatic carbocycles. The topological polar surface area (TPSA) is 41.1 Å². The summed E-state index contributed by atoms with van der Waals surface area (Å²) < 4.78 is 12.7. The van der Waals surface area contributed by atoms with Crippen molar-refractivity contribution in [2.75, 3.05) is 18.1 Å². The first-order valence-electron chi connectivity index (χ1n) is 6.49. The van der Waals surface area contributed by atoms with Gasteiger partial charge in [-0.25, -0.2) is 4.39 Å². The number of hydrogen-bond donors (Lipinski definition) is 2.